The summed E-state index contributed by atoms with van der Waals surface area (Å²) in [7, 11) is -1.09. The van der Waals surface area contributed by atoms with Gasteiger partial charge in [0.1, 0.15) is 5.75 Å². The van der Waals surface area contributed by atoms with Crippen LogP contribution in [0.4, 0.5) is 5.69 Å². The van der Waals surface area contributed by atoms with Crippen LogP contribution in [-0.2, 0) is 16.6 Å². The summed E-state index contributed by atoms with van der Waals surface area (Å²) in [5.74, 6) is 1.16. The molecule has 100 valence electrons. The van der Waals surface area contributed by atoms with Crippen molar-refractivity contribution in [2.24, 2.45) is 0 Å². The van der Waals surface area contributed by atoms with Gasteiger partial charge in [0.15, 0.2) is 0 Å². The third-order valence-corrected chi connectivity index (χ3v) is 4.05. The minimum Gasteiger partial charge on any atom is -0.494 e. The Hall–Kier alpha value is -1.81. The standard InChI is InChI=1S/C15H17NO2S/c1-2-18-15-9-8-13(16)10-12(15)11-19(17)14-6-4-3-5-7-14/h3-10H,2,11,16H2,1H3. The second-order valence-electron chi connectivity index (χ2n) is 4.10. The maximum absolute atomic E-state index is 12.3. The zero-order valence-corrected chi connectivity index (χ0v) is 11.7. The van der Waals surface area contributed by atoms with Gasteiger partial charge in [-0.15, -0.1) is 0 Å². The van der Waals surface area contributed by atoms with Crippen molar-refractivity contribution in [2.45, 2.75) is 17.6 Å². The van der Waals surface area contributed by atoms with Gasteiger partial charge in [0, 0.05) is 16.1 Å². The minimum absolute atomic E-state index is 0.407. The lowest BCUT2D eigenvalue weighted by atomic mass is 10.2. The first-order valence-electron chi connectivity index (χ1n) is 6.15. The van der Waals surface area contributed by atoms with Crippen molar-refractivity contribution in [1.82, 2.24) is 0 Å². The van der Waals surface area contributed by atoms with E-state index in [2.05, 4.69) is 0 Å². The van der Waals surface area contributed by atoms with Crippen LogP contribution in [0.1, 0.15) is 12.5 Å². The molecule has 0 bridgehead atoms. The second-order valence-corrected chi connectivity index (χ2v) is 5.55. The Balaban J connectivity index is 2.23. The summed E-state index contributed by atoms with van der Waals surface area (Å²) in [4.78, 5) is 0.812. The van der Waals surface area contributed by atoms with Gasteiger partial charge in [-0.05, 0) is 37.3 Å². The Morgan fingerprint density at radius 3 is 2.58 bits per heavy atom. The van der Waals surface area contributed by atoms with Crippen molar-refractivity contribution in [2.75, 3.05) is 12.3 Å². The van der Waals surface area contributed by atoms with Gasteiger partial charge in [0.2, 0.25) is 0 Å². The van der Waals surface area contributed by atoms with Gasteiger partial charge in [-0.1, -0.05) is 18.2 Å². The normalized spacial score (nSPS) is 12.1. The van der Waals surface area contributed by atoms with Crippen molar-refractivity contribution in [3.63, 3.8) is 0 Å². The van der Waals surface area contributed by atoms with Gasteiger partial charge in [-0.2, -0.15) is 0 Å². The molecule has 3 nitrogen and oxygen atoms in total. The first-order chi connectivity index (χ1) is 9.20. The smallest absolute Gasteiger partial charge is 0.123 e. The number of anilines is 1. The lowest BCUT2D eigenvalue weighted by molar-refractivity contribution is 0.337. The molecule has 0 saturated carbocycles. The van der Waals surface area contributed by atoms with Crippen molar-refractivity contribution in [3.05, 3.63) is 54.1 Å². The van der Waals surface area contributed by atoms with Crippen LogP contribution in [0.2, 0.25) is 0 Å². The topological polar surface area (TPSA) is 52.3 Å². The Morgan fingerprint density at radius 1 is 1.16 bits per heavy atom. The fraction of sp³-hybridized carbons (Fsp3) is 0.200. The predicted molar refractivity (Wildman–Crippen MR) is 78.6 cm³/mol. The predicted octanol–water partition coefficient (Wildman–Crippen LogP) is 2.98. The van der Waals surface area contributed by atoms with Crippen molar-refractivity contribution >= 4 is 16.5 Å². The second kappa shape index (κ2) is 6.38. The molecule has 2 aromatic carbocycles. The molecular weight excluding hydrogens is 258 g/mol. The lowest BCUT2D eigenvalue weighted by Gasteiger charge is -2.11. The minimum atomic E-state index is -1.09. The van der Waals surface area contributed by atoms with Gasteiger partial charge in [-0.3, -0.25) is 4.21 Å². The van der Waals surface area contributed by atoms with Gasteiger partial charge in [0.25, 0.3) is 0 Å². The van der Waals surface area contributed by atoms with E-state index in [0.717, 1.165) is 16.2 Å². The summed E-state index contributed by atoms with van der Waals surface area (Å²) in [6, 6.07) is 14.9. The molecule has 2 rings (SSSR count). The molecular formula is C15H17NO2S. The summed E-state index contributed by atoms with van der Waals surface area (Å²) < 4.78 is 17.8. The molecule has 2 aromatic rings. The number of hydrogen-bond donors (Lipinski definition) is 1. The molecule has 0 fully saturated rings. The van der Waals surface area contributed by atoms with E-state index in [4.69, 9.17) is 10.5 Å². The Bertz CT molecular complexity index is 570. The number of rotatable bonds is 5. The molecule has 0 spiro atoms. The molecule has 0 aliphatic carbocycles. The number of nitrogens with two attached hydrogens (primary N) is 1. The average molecular weight is 275 g/mol. The van der Waals surface area contributed by atoms with Crippen LogP contribution in [0.3, 0.4) is 0 Å². The zero-order valence-electron chi connectivity index (χ0n) is 10.8. The molecule has 1 unspecified atom stereocenters. The van der Waals surface area contributed by atoms with Crippen LogP contribution in [-0.4, -0.2) is 10.8 Å². The van der Waals surface area contributed by atoms with E-state index < -0.39 is 10.8 Å². The SMILES string of the molecule is CCOc1ccc(N)cc1CS(=O)c1ccccc1. The highest BCUT2D eigenvalue weighted by molar-refractivity contribution is 7.84. The summed E-state index contributed by atoms with van der Waals surface area (Å²) in [6.07, 6.45) is 0. The van der Waals surface area contributed by atoms with E-state index in [1.54, 1.807) is 6.07 Å². The first kappa shape index (κ1) is 13.6. The number of ether oxygens (including phenoxy) is 1. The maximum atomic E-state index is 12.3. The molecule has 0 aromatic heterocycles. The van der Waals surface area contributed by atoms with Crippen molar-refractivity contribution in [3.8, 4) is 5.75 Å². The van der Waals surface area contributed by atoms with E-state index in [9.17, 15) is 4.21 Å². The van der Waals surface area contributed by atoms with E-state index in [1.165, 1.54) is 0 Å². The summed E-state index contributed by atoms with van der Waals surface area (Å²) in [5.41, 5.74) is 7.32. The molecule has 0 aliphatic rings. The molecule has 0 heterocycles. The Labute approximate surface area is 115 Å². The molecule has 0 radical (unpaired) electrons. The average Bonchev–Trinajstić information content (AvgIpc) is 2.43. The molecule has 0 saturated heterocycles. The number of hydrogen-bond acceptors (Lipinski definition) is 3. The monoisotopic (exact) mass is 275 g/mol. The van der Waals surface area contributed by atoms with E-state index in [0.29, 0.717) is 18.0 Å². The third kappa shape index (κ3) is 3.58. The molecule has 19 heavy (non-hydrogen) atoms. The van der Waals surface area contributed by atoms with Crippen LogP contribution in [0.5, 0.6) is 5.75 Å². The van der Waals surface area contributed by atoms with Gasteiger partial charge in [0.05, 0.1) is 23.2 Å². The Morgan fingerprint density at radius 2 is 1.89 bits per heavy atom. The summed E-state index contributed by atoms with van der Waals surface area (Å²) in [5, 5.41) is 0. The van der Waals surface area contributed by atoms with E-state index in [-0.39, 0.29) is 0 Å². The third-order valence-electron chi connectivity index (χ3n) is 2.68. The quantitative estimate of drug-likeness (QED) is 0.853. The summed E-state index contributed by atoms with van der Waals surface area (Å²) in [6.45, 7) is 2.50. The van der Waals surface area contributed by atoms with E-state index in [1.807, 2.05) is 49.4 Å². The fourth-order valence-electron chi connectivity index (χ4n) is 1.81. The lowest BCUT2D eigenvalue weighted by Crippen LogP contribution is -2.02. The largest absolute Gasteiger partial charge is 0.494 e. The van der Waals surface area contributed by atoms with Gasteiger partial charge < -0.3 is 10.5 Å². The van der Waals surface area contributed by atoms with Crippen LogP contribution >= 0.6 is 0 Å². The summed E-state index contributed by atoms with van der Waals surface area (Å²) >= 11 is 0. The zero-order chi connectivity index (χ0) is 13.7. The Kier molecular flexibility index (Phi) is 4.58. The fourth-order valence-corrected chi connectivity index (χ4v) is 2.94. The van der Waals surface area contributed by atoms with E-state index >= 15 is 0 Å². The maximum Gasteiger partial charge on any atom is 0.123 e. The molecule has 4 heteroatoms. The van der Waals surface area contributed by atoms with Crippen LogP contribution in [0.25, 0.3) is 0 Å². The van der Waals surface area contributed by atoms with Crippen molar-refractivity contribution < 1.29 is 8.95 Å². The van der Waals surface area contributed by atoms with Crippen LogP contribution in [0.15, 0.2) is 53.4 Å². The van der Waals surface area contributed by atoms with Crippen LogP contribution < -0.4 is 10.5 Å². The van der Waals surface area contributed by atoms with Crippen LogP contribution in [0, 0.1) is 0 Å². The highest BCUT2D eigenvalue weighted by Gasteiger charge is 2.10. The highest BCUT2D eigenvalue weighted by Crippen LogP contribution is 2.24. The number of nitrogen functional groups attached to an aromatic ring is 1. The first-order valence-corrected chi connectivity index (χ1v) is 7.47. The van der Waals surface area contributed by atoms with Gasteiger partial charge in [-0.25, -0.2) is 0 Å². The van der Waals surface area contributed by atoms with Gasteiger partial charge >= 0.3 is 0 Å². The molecule has 0 aliphatic heterocycles. The molecule has 0 amide bonds. The molecule has 2 N–H and O–H groups in total. The number of benzene rings is 2. The van der Waals surface area contributed by atoms with Crippen molar-refractivity contribution in [1.29, 1.82) is 0 Å². The molecule has 1 atom stereocenters. The highest BCUT2D eigenvalue weighted by atomic mass is 32.2.